The van der Waals surface area contributed by atoms with Gasteiger partial charge in [-0.1, -0.05) is 162 Å². The molecular weight excluding hydrogens is 500 g/mol. The summed E-state index contributed by atoms with van der Waals surface area (Å²) in [5, 5.41) is 0. The van der Waals surface area contributed by atoms with Gasteiger partial charge in [0.05, 0.1) is 19.1 Å². The summed E-state index contributed by atoms with van der Waals surface area (Å²) in [6.07, 6.45) is 30.2. The van der Waals surface area contributed by atoms with Gasteiger partial charge < -0.3 is 4.74 Å². The van der Waals surface area contributed by atoms with Crippen molar-refractivity contribution in [2.45, 2.75) is 174 Å². The number of esters is 1. The number of rotatable bonds is 30. The summed E-state index contributed by atoms with van der Waals surface area (Å²) in [6.45, 7) is 4.49. The van der Waals surface area contributed by atoms with Gasteiger partial charge in [-0.3, -0.25) is 9.35 Å². The Hall–Kier alpha value is -0.660. The average Bonchev–Trinajstić information content (AvgIpc) is 2.88. The molecule has 0 spiro atoms. The third-order valence-electron chi connectivity index (χ3n) is 7.40. The number of hydrogen-bond donors (Lipinski definition) is 1. The van der Waals surface area contributed by atoms with Gasteiger partial charge in [-0.2, -0.15) is 8.42 Å². The Morgan fingerprint density at radius 2 is 0.921 bits per heavy atom. The molecule has 0 radical (unpaired) electrons. The Labute approximate surface area is 236 Å². The molecule has 1 atom stereocenters. The molecule has 228 valence electrons. The van der Waals surface area contributed by atoms with Gasteiger partial charge in [-0.15, -0.1) is 0 Å². The fraction of sp³-hybridized carbons (Fsp3) is 0.968. The maximum absolute atomic E-state index is 12.5. The van der Waals surface area contributed by atoms with Gasteiger partial charge >= 0.3 is 16.4 Å². The second-order valence-corrected chi connectivity index (χ2v) is 12.2. The zero-order valence-corrected chi connectivity index (χ0v) is 25.9. The lowest BCUT2D eigenvalue weighted by Crippen LogP contribution is -2.24. The van der Waals surface area contributed by atoms with Gasteiger partial charge in [0.2, 0.25) is 0 Å². The van der Waals surface area contributed by atoms with Crippen LogP contribution in [-0.2, 0) is 24.1 Å². The van der Waals surface area contributed by atoms with Crippen LogP contribution < -0.4 is 0 Å². The lowest BCUT2D eigenvalue weighted by Gasteiger charge is -2.15. The van der Waals surface area contributed by atoms with Gasteiger partial charge in [0, 0.05) is 0 Å². The molecule has 0 rings (SSSR count). The van der Waals surface area contributed by atoms with E-state index in [1.807, 2.05) is 0 Å². The molecule has 38 heavy (non-hydrogen) atoms. The van der Waals surface area contributed by atoms with E-state index in [4.69, 9.17) is 9.29 Å². The standard InChI is InChI=1S/C31H62O6S/c1-3-5-7-9-11-13-15-16-17-18-20-22-24-26-28-36-31(32)30(29-37-38(33,34)35)27-25-23-21-19-14-12-10-8-6-4-2/h30H,3-29H2,1-2H3,(H,33,34,35). The largest absolute Gasteiger partial charge is 0.465 e. The van der Waals surface area contributed by atoms with Gasteiger partial charge in [0.1, 0.15) is 0 Å². The molecule has 0 aromatic carbocycles. The Kier molecular flexibility index (Phi) is 27.4. The minimum atomic E-state index is -4.56. The fourth-order valence-corrected chi connectivity index (χ4v) is 5.24. The van der Waals surface area contributed by atoms with Crippen molar-refractivity contribution < 1.29 is 26.7 Å². The SMILES string of the molecule is CCCCCCCCCCCCCCCCOC(=O)C(CCCCCCCCCCCC)COS(=O)(=O)O. The van der Waals surface area contributed by atoms with E-state index in [1.54, 1.807) is 0 Å². The Balaban J connectivity index is 3.84. The van der Waals surface area contributed by atoms with Crippen LogP contribution in [0.25, 0.3) is 0 Å². The molecule has 7 heteroatoms. The van der Waals surface area contributed by atoms with Crippen LogP contribution in [0.2, 0.25) is 0 Å². The molecular formula is C31H62O6S. The van der Waals surface area contributed by atoms with E-state index >= 15 is 0 Å². The molecule has 0 aromatic heterocycles. The summed E-state index contributed by atoms with van der Waals surface area (Å²) < 4.78 is 40.8. The zero-order valence-electron chi connectivity index (χ0n) is 25.1. The average molecular weight is 563 g/mol. The van der Waals surface area contributed by atoms with E-state index in [-0.39, 0.29) is 6.61 Å². The zero-order chi connectivity index (χ0) is 28.2. The Bertz CT molecular complexity index is 607. The number of carbonyl (C=O) groups excluding carboxylic acids is 1. The van der Waals surface area contributed by atoms with Crippen LogP contribution in [0.5, 0.6) is 0 Å². The van der Waals surface area contributed by atoms with Crippen LogP contribution in [0, 0.1) is 5.92 Å². The molecule has 0 saturated heterocycles. The van der Waals surface area contributed by atoms with Crippen LogP contribution in [0.15, 0.2) is 0 Å². The molecule has 1 unspecified atom stereocenters. The maximum Gasteiger partial charge on any atom is 0.397 e. The van der Waals surface area contributed by atoms with Gasteiger partial charge in [-0.25, -0.2) is 4.18 Å². The van der Waals surface area contributed by atoms with Crippen LogP contribution >= 0.6 is 0 Å². The van der Waals surface area contributed by atoms with Crippen molar-refractivity contribution in [2.75, 3.05) is 13.2 Å². The predicted octanol–water partition coefficient (Wildman–Crippen LogP) is 9.76. The lowest BCUT2D eigenvalue weighted by molar-refractivity contribution is -0.150. The van der Waals surface area contributed by atoms with Crippen LogP contribution in [-0.4, -0.2) is 32.2 Å². The summed E-state index contributed by atoms with van der Waals surface area (Å²) in [7, 11) is -4.56. The highest BCUT2D eigenvalue weighted by Gasteiger charge is 2.22. The quantitative estimate of drug-likeness (QED) is 0.0532. The maximum atomic E-state index is 12.5. The molecule has 0 aliphatic carbocycles. The van der Waals surface area contributed by atoms with E-state index in [2.05, 4.69) is 18.0 Å². The molecule has 0 aromatic rings. The van der Waals surface area contributed by atoms with Crippen molar-refractivity contribution in [3.8, 4) is 0 Å². The number of hydrogen-bond acceptors (Lipinski definition) is 5. The fourth-order valence-electron chi connectivity index (χ4n) is 4.90. The predicted molar refractivity (Wildman–Crippen MR) is 159 cm³/mol. The van der Waals surface area contributed by atoms with Crippen LogP contribution in [0.3, 0.4) is 0 Å². The third-order valence-corrected chi connectivity index (χ3v) is 7.83. The first-order chi connectivity index (χ1) is 18.4. The second-order valence-electron chi connectivity index (χ2n) is 11.1. The van der Waals surface area contributed by atoms with Gasteiger partial charge in [-0.05, 0) is 12.8 Å². The molecule has 6 nitrogen and oxygen atoms in total. The van der Waals surface area contributed by atoms with Crippen LogP contribution in [0.4, 0.5) is 0 Å². The second kappa shape index (κ2) is 27.9. The lowest BCUT2D eigenvalue weighted by atomic mass is 10.0. The van der Waals surface area contributed by atoms with Crippen molar-refractivity contribution >= 4 is 16.4 Å². The molecule has 1 N–H and O–H groups in total. The highest BCUT2D eigenvalue weighted by Crippen LogP contribution is 2.17. The van der Waals surface area contributed by atoms with E-state index < -0.39 is 22.3 Å². The van der Waals surface area contributed by atoms with Gasteiger partial charge in [0.15, 0.2) is 0 Å². The van der Waals surface area contributed by atoms with E-state index in [0.717, 1.165) is 38.5 Å². The summed E-state index contributed by atoms with van der Waals surface area (Å²) >= 11 is 0. The molecule has 0 heterocycles. The molecule has 0 saturated carbocycles. The van der Waals surface area contributed by atoms with Crippen molar-refractivity contribution in [1.29, 1.82) is 0 Å². The first kappa shape index (κ1) is 37.3. The molecule has 0 fully saturated rings. The minimum absolute atomic E-state index is 0.353. The number of ether oxygens (including phenoxy) is 1. The summed E-state index contributed by atoms with van der Waals surface area (Å²) in [5.74, 6) is -1.07. The van der Waals surface area contributed by atoms with Crippen molar-refractivity contribution in [3.63, 3.8) is 0 Å². The highest BCUT2D eigenvalue weighted by molar-refractivity contribution is 7.80. The van der Waals surface area contributed by atoms with Crippen molar-refractivity contribution in [1.82, 2.24) is 0 Å². The van der Waals surface area contributed by atoms with Crippen molar-refractivity contribution in [3.05, 3.63) is 0 Å². The summed E-state index contributed by atoms with van der Waals surface area (Å²) in [4.78, 5) is 12.5. The molecule has 0 aliphatic rings. The first-order valence-corrected chi connectivity index (χ1v) is 17.6. The normalized spacial score (nSPS) is 12.6. The molecule has 0 aliphatic heterocycles. The van der Waals surface area contributed by atoms with E-state index in [1.165, 1.54) is 116 Å². The smallest absolute Gasteiger partial charge is 0.397 e. The van der Waals surface area contributed by atoms with Crippen molar-refractivity contribution in [2.24, 2.45) is 5.92 Å². The van der Waals surface area contributed by atoms with E-state index in [9.17, 15) is 13.2 Å². The minimum Gasteiger partial charge on any atom is -0.465 e. The van der Waals surface area contributed by atoms with Crippen LogP contribution in [0.1, 0.15) is 174 Å². The van der Waals surface area contributed by atoms with E-state index in [0.29, 0.717) is 13.0 Å². The summed E-state index contributed by atoms with van der Waals surface area (Å²) in [5.41, 5.74) is 0. The third kappa shape index (κ3) is 28.4. The topological polar surface area (TPSA) is 89.9 Å². The summed E-state index contributed by atoms with van der Waals surface area (Å²) in [6, 6.07) is 0. The Morgan fingerprint density at radius 3 is 1.29 bits per heavy atom. The number of carbonyl (C=O) groups is 1. The van der Waals surface area contributed by atoms with Gasteiger partial charge in [0.25, 0.3) is 0 Å². The Morgan fingerprint density at radius 1 is 0.579 bits per heavy atom. The number of unbranched alkanes of at least 4 members (excludes halogenated alkanes) is 22. The molecule has 0 bridgehead atoms. The monoisotopic (exact) mass is 562 g/mol. The first-order valence-electron chi connectivity index (χ1n) is 16.2. The highest BCUT2D eigenvalue weighted by atomic mass is 32.3. The molecule has 0 amide bonds.